The van der Waals surface area contributed by atoms with Gasteiger partial charge in [-0.1, -0.05) is 29.8 Å². The lowest BCUT2D eigenvalue weighted by Crippen LogP contribution is -2.28. The van der Waals surface area contributed by atoms with Crippen molar-refractivity contribution < 1.29 is 32.3 Å². The molecule has 1 fully saturated rings. The first-order valence-corrected chi connectivity index (χ1v) is 11.7. The number of rotatable bonds is 4. The number of benzene rings is 2. The third-order valence-corrected chi connectivity index (χ3v) is 6.46. The van der Waals surface area contributed by atoms with E-state index in [1.807, 2.05) is 22.8 Å². The van der Waals surface area contributed by atoms with E-state index in [9.17, 15) is 27.2 Å². The minimum atomic E-state index is -5.08. The minimum absolute atomic E-state index is 0.0328. The summed E-state index contributed by atoms with van der Waals surface area (Å²) in [6.07, 6.45) is -3.47. The Morgan fingerprint density at radius 3 is 2.45 bits per heavy atom. The number of hydrogen-bond acceptors (Lipinski definition) is 5. The van der Waals surface area contributed by atoms with Crippen LogP contribution in [0.25, 0.3) is 0 Å². The van der Waals surface area contributed by atoms with Gasteiger partial charge in [0.15, 0.2) is 0 Å². The van der Waals surface area contributed by atoms with Crippen LogP contribution < -0.4 is 10.9 Å². The summed E-state index contributed by atoms with van der Waals surface area (Å²) >= 11 is 6.01. The molecule has 2 unspecified atom stereocenters. The zero-order valence-corrected chi connectivity index (χ0v) is 20.3. The van der Waals surface area contributed by atoms with Gasteiger partial charge in [0.1, 0.15) is 17.2 Å². The topological polar surface area (TPSA) is 105 Å². The highest BCUT2D eigenvalue weighted by molar-refractivity contribution is 6.30. The number of hydrogen-bond donors (Lipinski definition) is 2. The Hall–Kier alpha value is -3.77. The zero-order chi connectivity index (χ0) is 27.6. The van der Waals surface area contributed by atoms with Gasteiger partial charge < -0.3 is 15.0 Å². The highest BCUT2D eigenvalue weighted by Crippen LogP contribution is 2.38. The fourth-order valence-corrected chi connectivity index (χ4v) is 4.74. The van der Waals surface area contributed by atoms with Gasteiger partial charge in [-0.15, -0.1) is 0 Å². The van der Waals surface area contributed by atoms with Gasteiger partial charge in [-0.05, 0) is 30.3 Å². The predicted octanol–water partition coefficient (Wildman–Crippen LogP) is 4.15. The fourth-order valence-electron chi connectivity index (χ4n) is 4.55. The lowest BCUT2D eigenvalue weighted by atomic mass is 9.99. The molecule has 0 saturated carbocycles. The molecule has 2 aliphatic heterocycles. The van der Waals surface area contributed by atoms with E-state index in [-0.39, 0.29) is 23.2 Å². The maximum atomic E-state index is 14.1. The van der Waals surface area contributed by atoms with Crippen molar-refractivity contribution in [3.05, 3.63) is 92.9 Å². The first kappa shape index (κ1) is 27.3. The van der Waals surface area contributed by atoms with Gasteiger partial charge in [0.2, 0.25) is 0 Å². The van der Waals surface area contributed by atoms with E-state index >= 15 is 0 Å². The molecule has 2 N–H and O–H groups in total. The molecule has 1 saturated heterocycles. The molecule has 0 bridgehead atoms. The van der Waals surface area contributed by atoms with Crippen molar-refractivity contribution in [1.29, 1.82) is 0 Å². The summed E-state index contributed by atoms with van der Waals surface area (Å²) in [4.78, 5) is 40.5. The molecule has 2 atom stereocenters. The average molecular weight is 553 g/mol. The number of aromatic nitrogens is 2. The van der Waals surface area contributed by atoms with Gasteiger partial charge in [0, 0.05) is 60.5 Å². The van der Waals surface area contributed by atoms with Crippen molar-refractivity contribution in [3.63, 3.8) is 0 Å². The van der Waals surface area contributed by atoms with Crippen LogP contribution in [0.1, 0.15) is 27.7 Å². The second-order valence-corrected chi connectivity index (χ2v) is 9.33. The molecule has 2 aromatic carbocycles. The Labute approximate surface area is 218 Å². The van der Waals surface area contributed by atoms with Crippen molar-refractivity contribution in [2.75, 3.05) is 18.4 Å². The SMILES string of the molecule is O=C(Nc1ccccc1)c1cn2c(nc1=O)C1CN(Cc3cc(Cl)ccc3F)CC1C2.O=C(O)C(F)(F)F. The first-order chi connectivity index (χ1) is 17.9. The number of alkyl halides is 3. The molecule has 38 heavy (non-hydrogen) atoms. The number of likely N-dealkylation sites (tertiary alicyclic amines) is 1. The number of fused-ring (bicyclic) bond motifs is 3. The number of anilines is 1. The molecular formula is C25H21ClF4N4O4. The molecule has 3 heterocycles. The fraction of sp³-hybridized carbons (Fsp3) is 0.280. The molecule has 1 aromatic heterocycles. The Balaban J connectivity index is 0.000000426. The maximum Gasteiger partial charge on any atom is 0.490 e. The monoisotopic (exact) mass is 552 g/mol. The second kappa shape index (κ2) is 10.9. The zero-order valence-electron chi connectivity index (χ0n) is 19.6. The van der Waals surface area contributed by atoms with Crippen LogP contribution in [-0.4, -0.2) is 50.7 Å². The summed E-state index contributed by atoms with van der Waals surface area (Å²) < 4.78 is 47.7. The van der Waals surface area contributed by atoms with Crippen LogP contribution in [0.5, 0.6) is 0 Å². The van der Waals surface area contributed by atoms with Crippen molar-refractivity contribution in [2.24, 2.45) is 5.92 Å². The van der Waals surface area contributed by atoms with Crippen LogP contribution in [0.4, 0.5) is 23.2 Å². The van der Waals surface area contributed by atoms with E-state index in [0.717, 1.165) is 6.54 Å². The Kier molecular flexibility index (Phi) is 7.83. The van der Waals surface area contributed by atoms with Crippen molar-refractivity contribution in [3.8, 4) is 0 Å². The van der Waals surface area contributed by atoms with Crippen molar-refractivity contribution >= 4 is 29.2 Å². The molecule has 5 rings (SSSR count). The quantitative estimate of drug-likeness (QED) is 0.471. The number of para-hydroxylation sites is 1. The number of carboxylic acids is 1. The molecule has 8 nitrogen and oxygen atoms in total. The number of amides is 1. The number of nitrogens with one attached hydrogen (secondary N) is 1. The Morgan fingerprint density at radius 1 is 1.11 bits per heavy atom. The van der Waals surface area contributed by atoms with Crippen LogP contribution in [0.15, 0.2) is 59.5 Å². The Bertz CT molecular complexity index is 1410. The van der Waals surface area contributed by atoms with Crippen LogP contribution in [0, 0.1) is 11.7 Å². The van der Waals surface area contributed by atoms with Crippen LogP contribution in [0.2, 0.25) is 5.02 Å². The first-order valence-electron chi connectivity index (χ1n) is 11.4. The third kappa shape index (κ3) is 6.20. The summed E-state index contributed by atoms with van der Waals surface area (Å²) in [5.74, 6) is -2.45. The van der Waals surface area contributed by atoms with Gasteiger partial charge in [0.25, 0.3) is 11.5 Å². The maximum absolute atomic E-state index is 14.1. The summed E-state index contributed by atoms with van der Waals surface area (Å²) in [6, 6.07) is 13.6. The lowest BCUT2D eigenvalue weighted by molar-refractivity contribution is -0.192. The van der Waals surface area contributed by atoms with E-state index in [0.29, 0.717) is 41.7 Å². The van der Waals surface area contributed by atoms with Gasteiger partial charge >= 0.3 is 12.1 Å². The van der Waals surface area contributed by atoms with Crippen molar-refractivity contribution in [2.45, 2.75) is 25.2 Å². The second-order valence-electron chi connectivity index (χ2n) is 8.89. The summed E-state index contributed by atoms with van der Waals surface area (Å²) in [5, 5.41) is 10.4. The van der Waals surface area contributed by atoms with E-state index in [2.05, 4.69) is 15.2 Å². The molecule has 200 valence electrons. The molecule has 0 aliphatic carbocycles. The van der Waals surface area contributed by atoms with Crippen LogP contribution >= 0.6 is 11.6 Å². The minimum Gasteiger partial charge on any atom is -0.475 e. The molecule has 0 radical (unpaired) electrons. The highest BCUT2D eigenvalue weighted by atomic mass is 35.5. The standard InChI is InChI=1S/C23H20ClFN4O2.C2HF3O2/c24-16-6-7-20(25)14(8-16)9-28-10-15-11-29-13-19(23(31)27-21(29)18(15)12-28)22(30)26-17-4-2-1-3-5-17;3-2(4,5)1(6)7/h1-8,13,15,18H,9-12H2,(H,26,30);(H,6,7). The summed E-state index contributed by atoms with van der Waals surface area (Å²) in [5.41, 5.74) is 0.689. The van der Waals surface area contributed by atoms with E-state index in [1.54, 1.807) is 24.4 Å². The number of aliphatic carboxylic acids is 1. The number of carbonyl (C=O) groups is 2. The van der Waals surface area contributed by atoms with Gasteiger partial charge in [-0.2, -0.15) is 18.2 Å². The van der Waals surface area contributed by atoms with E-state index < -0.39 is 23.6 Å². The van der Waals surface area contributed by atoms with Crippen LogP contribution in [0.3, 0.4) is 0 Å². The largest absolute Gasteiger partial charge is 0.490 e. The van der Waals surface area contributed by atoms with Gasteiger partial charge in [-0.25, -0.2) is 9.18 Å². The molecule has 0 spiro atoms. The lowest BCUT2D eigenvalue weighted by Gasteiger charge is -2.18. The summed E-state index contributed by atoms with van der Waals surface area (Å²) in [6.45, 7) is 2.58. The Morgan fingerprint density at radius 2 is 1.79 bits per heavy atom. The molecule has 1 amide bonds. The number of carbonyl (C=O) groups excluding carboxylic acids is 1. The number of carboxylic acid groups (broad SMARTS) is 1. The molecule has 13 heteroatoms. The van der Waals surface area contributed by atoms with Crippen LogP contribution in [-0.2, 0) is 17.9 Å². The summed E-state index contributed by atoms with van der Waals surface area (Å²) in [7, 11) is 0. The average Bonchev–Trinajstić information content (AvgIpc) is 3.38. The number of nitrogens with zero attached hydrogens (tertiary/aromatic N) is 3. The highest BCUT2D eigenvalue weighted by Gasteiger charge is 2.41. The molecule has 3 aromatic rings. The molecular weight excluding hydrogens is 532 g/mol. The van der Waals surface area contributed by atoms with Crippen molar-refractivity contribution in [1.82, 2.24) is 14.5 Å². The predicted molar refractivity (Wildman–Crippen MR) is 130 cm³/mol. The van der Waals surface area contributed by atoms with E-state index in [4.69, 9.17) is 21.5 Å². The van der Waals surface area contributed by atoms with E-state index in [1.165, 1.54) is 12.1 Å². The third-order valence-electron chi connectivity index (χ3n) is 6.23. The van der Waals surface area contributed by atoms with Gasteiger partial charge in [-0.3, -0.25) is 14.5 Å². The van der Waals surface area contributed by atoms with Gasteiger partial charge in [0.05, 0.1) is 0 Å². The smallest absolute Gasteiger partial charge is 0.475 e. The number of halogens is 5. The normalized spacial score (nSPS) is 18.2. The molecule has 2 aliphatic rings.